The van der Waals surface area contributed by atoms with E-state index in [2.05, 4.69) is 44.7 Å². The molecule has 0 aliphatic carbocycles. The number of nitroso groups, excluding NO2 is 1. The minimum absolute atomic E-state index is 0.471. The molecule has 25 heavy (non-hydrogen) atoms. The molecule has 2 aliphatic rings. The standard InChI is InChI=1S/C20H26N4O/c1-2-9-22-13-15-23(16-14-22)10-5-6-18-7-8-20(19(17-18)21-25)24-11-3-4-12-24/h2,5-6,17H,1,3-4,9-16H2/b6-5+. The van der Waals surface area contributed by atoms with E-state index in [1.54, 1.807) is 0 Å². The van der Waals surface area contributed by atoms with Crippen LogP contribution in [0.1, 0.15) is 18.4 Å². The van der Waals surface area contributed by atoms with Crippen molar-refractivity contribution in [1.29, 1.82) is 0 Å². The molecule has 1 aromatic carbocycles. The molecule has 1 aromatic rings. The molecule has 5 heteroatoms. The zero-order valence-corrected chi connectivity index (χ0v) is 14.8. The van der Waals surface area contributed by atoms with Crippen molar-refractivity contribution in [2.24, 2.45) is 5.18 Å². The minimum Gasteiger partial charge on any atom is -0.363 e. The highest BCUT2D eigenvalue weighted by atomic mass is 16.3. The monoisotopic (exact) mass is 338 g/mol. The van der Waals surface area contributed by atoms with Gasteiger partial charge in [0.15, 0.2) is 0 Å². The molecule has 2 saturated heterocycles. The van der Waals surface area contributed by atoms with Gasteiger partial charge in [0.05, 0.1) is 0 Å². The fraction of sp³-hybridized carbons (Fsp3) is 0.500. The minimum atomic E-state index is 0.471. The zero-order chi connectivity index (χ0) is 17.5. The third-order valence-electron chi connectivity index (χ3n) is 4.89. The van der Waals surface area contributed by atoms with Gasteiger partial charge in [-0.15, -0.1) is 11.5 Å². The van der Waals surface area contributed by atoms with Crippen LogP contribution in [0.15, 0.2) is 30.0 Å². The first-order valence-electron chi connectivity index (χ1n) is 9.08. The second-order valence-corrected chi connectivity index (χ2v) is 6.66. The molecule has 0 spiro atoms. The lowest BCUT2D eigenvalue weighted by atomic mass is 10.2. The van der Waals surface area contributed by atoms with Crippen LogP contribution in [0.3, 0.4) is 0 Å². The van der Waals surface area contributed by atoms with Gasteiger partial charge < -0.3 is 4.90 Å². The second-order valence-electron chi connectivity index (χ2n) is 6.66. The molecular formula is C20H26N4O. The molecule has 0 bridgehead atoms. The molecular weight excluding hydrogens is 312 g/mol. The molecule has 3 rings (SSSR count). The molecule has 0 amide bonds. The number of nitrogens with zero attached hydrogens (tertiary/aromatic N) is 4. The molecule has 0 saturated carbocycles. The van der Waals surface area contributed by atoms with Crippen LogP contribution >= 0.6 is 0 Å². The third kappa shape index (κ3) is 4.68. The highest BCUT2D eigenvalue weighted by Crippen LogP contribution is 2.29. The van der Waals surface area contributed by atoms with Crippen molar-refractivity contribution in [3.05, 3.63) is 47.4 Å². The highest BCUT2D eigenvalue weighted by Gasteiger charge is 2.17. The molecule has 132 valence electrons. The molecule has 0 N–H and O–H groups in total. The summed E-state index contributed by atoms with van der Waals surface area (Å²) in [4.78, 5) is 18.2. The van der Waals surface area contributed by atoms with E-state index >= 15 is 0 Å². The Hall–Kier alpha value is -2.16. The van der Waals surface area contributed by atoms with Gasteiger partial charge in [-0.2, -0.15) is 0 Å². The van der Waals surface area contributed by atoms with Gasteiger partial charge in [0.1, 0.15) is 11.4 Å². The van der Waals surface area contributed by atoms with Gasteiger partial charge in [-0.05, 0) is 36.2 Å². The molecule has 2 fully saturated rings. The van der Waals surface area contributed by atoms with Crippen LogP contribution in [0.5, 0.6) is 0 Å². The summed E-state index contributed by atoms with van der Waals surface area (Å²) in [7, 11) is 0. The van der Waals surface area contributed by atoms with Crippen LogP contribution in [0, 0.1) is 17.0 Å². The maximum atomic E-state index is 11.2. The lowest BCUT2D eigenvalue weighted by Crippen LogP contribution is -2.46. The number of rotatable bonds is 7. The van der Waals surface area contributed by atoms with E-state index in [4.69, 9.17) is 0 Å². The first kappa shape index (κ1) is 17.7. The quantitative estimate of drug-likeness (QED) is 0.566. The zero-order valence-electron chi connectivity index (χ0n) is 14.8. The number of hydrogen-bond donors (Lipinski definition) is 0. The Balaban J connectivity index is 1.55. The van der Waals surface area contributed by atoms with Crippen LogP contribution in [0.4, 0.5) is 11.4 Å². The first-order valence-corrected chi connectivity index (χ1v) is 9.08. The van der Waals surface area contributed by atoms with Crippen molar-refractivity contribution in [3.8, 4) is 0 Å². The summed E-state index contributed by atoms with van der Waals surface area (Å²) in [5.74, 6) is 0. The number of piperazine rings is 1. The Bertz CT molecular complexity index is 614. The summed E-state index contributed by atoms with van der Waals surface area (Å²) < 4.78 is 0. The predicted octanol–water partition coefficient (Wildman–Crippen LogP) is 3.10. The van der Waals surface area contributed by atoms with Gasteiger partial charge in [-0.1, -0.05) is 18.2 Å². The summed E-state index contributed by atoms with van der Waals surface area (Å²) in [6, 6.07) is 8.11. The molecule has 0 unspecified atom stereocenters. The van der Waals surface area contributed by atoms with Gasteiger partial charge in [0, 0.05) is 57.9 Å². The van der Waals surface area contributed by atoms with Crippen molar-refractivity contribution in [2.45, 2.75) is 12.8 Å². The largest absolute Gasteiger partial charge is 0.363 e. The van der Waals surface area contributed by atoms with E-state index in [9.17, 15) is 4.91 Å². The normalized spacial score (nSPS) is 19.3. The molecule has 0 aromatic heterocycles. The van der Waals surface area contributed by atoms with Crippen LogP contribution in [-0.4, -0.2) is 62.2 Å². The SMILES string of the molecule is C=CCN1CCN(C/C=C/c2c#cc(N3CCCC3)c(N=O)c2)CC1. The molecule has 2 heterocycles. The fourth-order valence-corrected chi connectivity index (χ4v) is 3.45. The van der Waals surface area contributed by atoms with Gasteiger partial charge in [-0.3, -0.25) is 9.80 Å². The Morgan fingerprint density at radius 2 is 1.72 bits per heavy atom. The van der Waals surface area contributed by atoms with E-state index in [0.717, 1.165) is 76.5 Å². The van der Waals surface area contributed by atoms with Crippen LogP contribution in [-0.2, 0) is 0 Å². The van der Waals surface area contributed by atoms with Crippen LogP contribution in [0.25, 0.3) is 6.08 Å². The van der Waals surface area contributed by atoms with E-state index in [-0.39, 0.29) is 0 Å². The Morgan fingerprint density at radius 3 is 2.36 bits per heavy atom. The third-order valence-corrected chi connectivity index (χ3v) is 4.89. The summed E-state index contributed by atoms with van der Waals surface area (Å²) in [6.07, 6.45) is 8.43. The summed E-state index contributed by atoms with van der Waals surface area (Å²) in [6.45, 7) is 11.9. The smallest absolute Gasteiger partial charge is 0.141 e. The first-order chi connectivity index (χ1) is 12.3. The maximum Gasteiger partial charge on any atom is 0.141 e. The summed E-state index contributed by atoms with van der Waals surface area (Å²) >= 11 is 0. The molecule has 0 radical (unpaired) electrons. The lowest BCUT2D eigenvalue weighted by molar-refractivity contribution is 0.154. The lowest BCUT2D eigenvalue weighted by Gasteiger charge is -2.33. The maximum absolute atomic E-state index is 11.2. The van der Waals surface area contributed by atoms with E-state index < -0.39 is 0 Å². The van der Waals surface area contributed by atoms with Gasteiger partial charge in [-0.25, -0.2) is 0 Å². The Labute approximate surface area is 150 Å². The van der Waals surface area contributed by atoms with Crippen molar-refractivity contribution in [2.75, 3.05) is 57.3 Å². The average molecular weight is 338 g/mol. The predicted molar refractivity (Wildman–Crippen MR) is 103 cm³/mol. The van der Waals surface area contributed by atoms with Gasteiger partial charge >= 0.3 is 0 Å². The molecule has 2 aliphatic heterocycles. The number of anilines is 1. The fourth-order valence-electron chi connectivity index (χ4n) is 3.45. The van der Waals surface area contributed by atoms with Crippen LogP contribution in [0.2, 0.25) is 0 Å². The summed E-state index contributed by atoms with van der Waals surface area (Å²) in [5, 5.41) is 3.20. The van der Waals surface area contributed by atoms with Crippen molar-refractivity contribution in [1.82, 2.24) is 9.80 Å². The van der Waals surface area contributed by atoms with Crippen molar-refractivity contribution < 1.29 is 0 Å². The van der Waals surface area contributed by atoms with Gasteiger partial charge in [0.25, 0.3) is 0 Å². The van der Waals surface area contributed by atoms with Gasteiger partial charge in [0.2, 0.25) is 0 Å². The van der Waals surface area contributed by atoms with E-state index in [1.165, 1.54) is 0 Å². The average Bonchev–Trinajstić information content (AvgIpc) is 3.18. The number of hydrogen-bond acceptors (Lipinski definition) is 5. The molecule has 0 atom stereocenters. The topological polar surface area (TPSA) is 39.1 Å². The summed E-state index contributed by atoms with van der Waals surface area (Å²) in [5.41, 5.74) is 2.13. The van der Waals surface area contributed by atoms with E-state index in [0.29, 0.717) is 5.69 Å². The Morgan fingerprint density at radius 1 is 1.04 bits per heavy atom. The molecule has 5 nitrogen and oxygen atoms in total. The second kappa shape index (κ2) is 8.80. The van der Waals surface area contributed by atoms with Crippen molar-refractivity contribution in [3.63, 3.8) is 0 Å². The van der Waals surface area contributed by atoms with E-state index in [1.807, 2.05) is 18.2 Å². The Kier molecular flexibility index (Phi) is 6.21. The van der Waals surface area contributed by atoms with Crippen LogP contribution < -0.4 is 4.90 Å². The van der Waals surface area contributed by atoms with Crippen molar-refractivity contribution >= 4 is 17.5 Å². The highest BCUT2D eigenvalue weighted by molar-refractivity contribution is 5.68.